The summed E-state index contributed by atoms with van der Waals surface area (Å²) in [4.78, 5) is 3.37. The summed E-state index contributed by atoms with van der Waals surface area (Å²) in [7, 11) is 1.17. The number of rotatable bonds is 2. The highest BCUT2D eigenvalue weighted by atomic mass is 79.9. The smallest absolute Gasteiger partial charge is 0.491 e. The van der Waals surface area contributed by atoms with Gasteiger partial charge in [0.2, 0.25) is 0 Å². The fourth-order valence-electron chi connectivity index (χ4n) is 0.863. The van der Waals surface area contributed by atoms with Gasteiger partial charge in [-0.25, -0.2) is 0 Å². The van der Waals surface area contributed by atoms with E-state index in [1.165, 1.54) is 13.2 Å². The molecule has 1 rings (SSSR count). The second-order valence-electron chi connectivity index (χ2n) is 2.49. The molecule has 0 amide bonds. The number of halogens is 4. The topological polar surface area (TPSA) is 55.1 Å². The van der Waals surface area contributed by atoms with Gasteiger partial charge in [0.25, 0.3) is 5.88 Å². The first-order chi connectivity index (χ1) is 7.37. The lowest BCUT2D eigenvalue weighted by Gasteiger charge is -2.11. The quantitative estimate of drug-likeness (QED) is 0.842. The van der Waals surface area contributed by atoms with Crippen LogP contribution in [0.4, 0.5) is 13.2 Å². The summed E-state index contributed by atoms with van der Waals surface area (Å²) in [5.74, 6) is -1.02. The molecule has 0 atom stereocenters. The van der Waals surface area contributed by atoms with E-state index in [9.17, 15) is 13.2 Å². The van der Waals surface area contributed by atoms with Crippen molar-refractivity contribution in [1.82, 2.24) is 4.98 Å². The molecule has 0 bridgehead atoms. The molecule has 0 spiro atoms. The highest BCUT2D eigenvalue weighted by Crippen LogP contribution is 2.33. The fourth-order valence-corrected chi connectivity index (χ4v) is 1.25. The number of aromatic nitrogens is 1. The van der Waals surface area contributed by atoms with E-state index >= 15 is 0 Å². The van der Waals surface area contributed by atoms with Crippen LogP contribution < -0.4 is 9.47 Å². The van der Waals surface area contributed by atoms with E-state index in [2.05, 4.69) is 30.4 Å². The van der Waals surface area contributed by atoms with Crippen LogP contribution in [0.5, 0.6) is 11.6 Å². The monoisotopic (exact) mass is 296 g/mol. The summed E-state index contributed by atoms with van der Waals surface area (Å²) >= 11 is 2.96. The zero-order chi connectivity index (χ0) is 12.3. The number of hydrogen-bond donors (Lipinski definition) is 0. The Kier molecular flexibility index (Phi) is 3.59. The molecule has 8 heteroatoms. The predicted octanol–water partition coefficient (Wildman–Crippen LogP) is 2.62. The van der Waals surface area contributed by atoms with Gasteiger partial charge in [-0.1, -0.05) is 0 Å². The molecule has 1 aromatic rings. The van der Waals surface area contributed by atoms with E-state index in [0.29, 0.717) is 0 Å². The standard InChI is InChI=1S/C8H4BrF3N2O2/c1-15-6-2-4(9)5(3-13)14-7(6)16-8(10,11)12/h2H,1H3. The van der Waals surface area contributed by atoms with Gasteiger partial charge >= 0.3 is 6.36 Å². The van der Waals surface area contributed by atoms with E-state index in [0.717, 1.165) is 0 Å². The van der Waals surface area contributed by atoms with Crippen LogP contribution in [0.3, 0.4) is 0 Å². The summed E-state index contributed by atoms with van der Waals surface area (Å²) < 4.78 is 44.4. The minimum atomic E-state index is -4.89. The van der Waals surface area contributed by atoms with Crippen LogP contribution in [0.25, 0.3) is 0 Å². The maximum absolute atomic E-state index is 12.0. The van der Waals surface area contributed by atoms with Crippen molar-refractivity contribution in [2.45, 2.75) is 6.36 Å². The summed E-state index contributed by atoms with van der Waals surface area (Å²) in [6.07, 6.45) is -4.89. The van der Waals surface area contributed by atoms with Gasteiger partial charge < -0.3 is 9.47 Å². The molecule has 16 heavy (non-hydrogen) atoms. The second kappa shape index (κ2) is 4.57. The Morgan fingerprint density at radius 1 is 1.50 bits per heavy atom. The lowest BCUT2D eigenvalue weighted by atomic mass is 10.3. The highest BCUT2D eigenvalue weighted by Gasteiger charge is 2.33. The number of pyridine rings is 1. The van der Waals surface area contributed by atoms with Crippen molar-refractivity contribution in [3.63, 3.8) is 0 Å². The van der Waals surface area contributed by atoms with E-state index in [4.69, 9.17) is 5.26 Å². The van der Waals surface area contributed by atoms with E-state index in [1.54, 1.807) is 6.07 Å². The molecule has 0 unspecified atom stereocenters. The van der Waals surface area contributed by atoms with Crippen LogP contribution in [0.1, 0.15) is 5.69 Å². The van der Waals surface area contributed by atoms with Gasteiger partial charge in [0.05, 0.1) is 11.6 Å². The maximum Gasteiger partial charge on any atom is 0.574 e. The normalized spacial score (nSPS) is 10.8. The zero-order valence-corrected chi connectivity index (χ0v) is 9.39. The van der Waals surface area contributed by atoms with Gasteiger partial charge in [-0.2, -0.15) is 10.2 Å². The van der Waals surface area contributed by atoms with Crippen molar-refractivity contribution in [2.75, 3.05) is 7.11 Å². The molecule has 0 N–H and O–H groups in total. The molecule has 0 saturated carbocycles. The molecule has 86 valence electrons. The van der Waals surface area contributed by atoms with E-state index in [1.807, 2.05) is 0 Å². The molecular formula is C8H4BrF3N2O2. The average Bonchev–Trinajstić information content (AvgIpc) is 2.18. The number of nitriles is 1. The second-order valence-corrected chi connectivity index (χ2v) is 3.34. The van der Waals surface area contributed by atoms with Gasteiger partial charge in [-0.15, -0.1) is 13.2 Å². The molecule has 1 heterocycles. The minimum Gasteiger partial charge on any atom is -0.491 e. The Bertz CT molecular complexity index is 442. The largest absolute Gasteiger partial charge is 0.574 e. The van der Waals surface area contributed by atoms with Crippen LogP contribution in [-0.4, -0.2) is 18.5 Å². The SMILES string of the molecule is COc1cc(Br)c(C#N)nc1OC(F)(F)F. The fraction of sp³-hybridized carbons (Fsp3) is 0.250. The first-order valence-electron chi connectivity index (χ1n) is 3.77. The van der Waals surface area contributed by atoms with Crippen molar-refractivity contribution in [3.8, 4) is 17.7 Å². The molecular weight excluding hydrogens is 293 g/mol. The molecule has 4 nitrogen and oxygen atoms in total. The third-order valence-corrected chi connectivity index (χ3v) is 2.05. The molecule has 0 aromatic carbocycles. The Morgan fingerprint density at radius 2 is 2.12 bits per heavy atom. The average molecular weight is 297 g/mol. The summed E-state index contributed by atoms with van der Waals surface area (Å²) in [5.41, 5.74) is -0.222. The minimum absolute atomic E-state index is 0.219. The summed E-state index contributed by atoms with van der Waals surface area (Å²) in [6, 6.07) is 2.79. The van der Waals surface area contributed by atoms with Crippen molar-refractivity contribution < 1.29 is 22.6 Å². The van der Waals surface area contributed by atoms with Crippen LogP contribution in [-0.2, 0) is 0 Å². The highest BCUT2D eigenvalue weighted by molar-refractivity contribution is 9.10. The summed E-state index contributed by atoms with van der Waals surface area (Å²) in [5, 5.41) is 8.58. The van der Waals surface area contributed by atoms with Crippen molar-refractivity contribution in [2.24, 2.45) is 0 Å². The van der Waals surface area contributed by atoms with E-state index in [-0.39, 0.29) is 15.9 Å². The first kappa shape index (κ1) is 12.6. The third-order valence-electron chi connectivity index (χ3n) is 1.45. The Morgan fingerprint density at radius 3 is 2.56 bits per heavy atom. The van der Waals surface area contributed by atoms with Gasteiger partial charge in [0, 0.05) is 6.07 Å². The Balaban J connectivity index is 3.21. The van der Waals surface area contributed by atoms with Gasteiger partial charge in [-0.3, -0.25) is 0 Å². The third kappa shape index (κ3) is 3.00. The van der Waals surface area contributed by atoms with Crippen LogP contribution in [0.15, 0.2) is 10.5 Å². The molecule has 0 fully saturated rings. The number of alkyl halides is 3. The Labute approximate surface area is 96.7 Å². The number of ether oxygens (including phenoxy) is 2. The Hall–Kier alpha value is -1.49. The van der Waals surface area contributed by atoms with Crippen molar-refractivity contribution in [1.29, 1.82) is 5.26 Å². The maximum atomic E-state index is 12.0. The van der Waals surface area contributed by atoms with Crippen molar-refractivity contribution in [3.05, 3.63) is 16.2 Å². The molecule has 0 aliphatic rings. The van der Waals surface area contributed by atoms with Gasteiger partial charge in [0.1, 0.15) is 6.07 Å². The molecule has 0 saturated heterocycles. The first-order valence-corrected chi connectivity index (χ1v) is 4.57. The molecule has 0 aliphatic heterocycles. The zero-order valence-electron chi connectivity index (χ0n) is 7.80. The van der Waals surface area contributed by atoms with Crippen LogP contribution >= 0.6 is 15.9 Å². The number of hydrogen-bond acceptors (Lipinski definition) is 4. The molecule has 0 radical (unpaired) electrons. The van der Waals surface area contributed by atoms with Crippen molar-refractivity contribution >= 4 is 15.9 Å². The lowest BCUT2D eigenvalue weighted by molar-refractivity contribution is -0.276. The summed E-state index contributed by atoms with van der Waals surface area (Å²) in [6.45, 7) is 0. The van der Waals surface area contributed by atoms with Crippen LogP contribution in [0.2, 0.25) is 0 Å². The number of methoxy groups -OCH3 is 1. The lowest BCUT2D eigenvalue weighted by Crippen LogP contribution is -2.18. The number of nitrogens with zero attached hydrogens (tertiary/aromatic N) is 2. The van der Waals surface area contributed by atoms with Gasteiger partial charge in [-0.05, 0) is 15.9 Å². The molecule has 1 aromatic heterocycles. The van der Waals surface area contributed by atoms with Crippen LogP contribution in [0, 0.1) is 11.3 Å². The molecule has 0 aliphatic carbocycles. The predicted molar refractivity (Wildman–Crippen MR) is 49.9 cm³/mol. The van der Waals surface area contributed by atoms with E-state index < -0.39 is 12.2 Å². The van der Waals surface area contributed by atoms with Gasteiger partial charge in [0.15, 0.2) is 11.4 Å².